The smallest absolute Gasteiger partial charge is 0.225 e. The summed E-state index contributed by atoms with van der Waals surface area (Å²) >= 11 is 0. The maximum Gasteiger partial charge on any atom is 0.267 e. The fraction of sp³-hybridized carbons (Fsp3) is 0.562. The van der Waals surface area contributed by atoms with Gasteiger partial charge in [-0.1, -0.05) is 0 Å². The summed E-state index contributed by atoms with van der Waals surface area (Å²) in [5.74, 6) is 1.47. The second-order valence-corrected chi connectivity index (χ2v) is 6.47. The van der Waals surface area contributed by atoms with E-state index in [0.717, 1.165) is 0 Å². The standard InChI is InChI=1S/C16H23N2/c1-9-10(2)12(4)17-14-8-16(6,7)18(14)13(5)15(17)11(9)3/h8H2,1-7H3/q+1. The van der Waals surface area contributed by atoms with E-state index in [1.165, 1.54) is 45.8 Å². The number of fused-ring (bicyclic) bond motifs is 3. The van der Waals surface area contributed by atoms with Crippen molar-refractivity contribution in [3.63, 3.8) is 0 Å². The molecule has 0 saturated heterocycles. The Morgan fingerprint density at radius 1 is 0.944 bits per heavy atom. The number of aryl methyl sites for hydroxylation is 3. The van der Waals surface area contributed by atoms with Gasteiger partial charge in [0.2, 0.25) is 0 Å². The third-order valence-corrected chi connectivity index (χ3v) is 4.97. The molecule has 2 aromatic rings. The Morgan fingerprint density at radius 2 is 1.56 bits per heavy atom. The van der Waals surface area contributed by atoms with Gasteiger partial charge in [-0.2, -0.15) is 4.40 Å². The van der Waals surface area contributed by atoms with Crippen LogP contribution in [0, 0.1) is 34.6 Å². The van der Waals surface area contributed by atoms with E-state index in [2.05, 4.69) is 57.4 Å². The monoisotopic (exact) mass is 243 g/mol. The normalized spacial score (nSPS) is 16.8. The lowest BCUT2D eigenvalue weighted by Gasteiger charge is -2.31. The third kappa shape index (κ3) is 1.12. The minimum Gasteiger partial charge on any atom is -0.225 e. The lowest BCUT2D eigenvalue weighted by Crippen LogP contribution is -2.66. The minimum absolute atomic E-state index is 0.284. The van der Waals surface area contributed by atoms with Crippen LogP contribution in [-0.2, 0) is 12.0 Å². The Morgan fingerprint density at radius 3 is 2.11 bits per heavy atom. The van der Waals surface area contributed by atoms with Crippen molar-refractivity contribution >= 4 is 5.52 Å². The Hall–Kier alpha value is -1.31. The lowest BCUT2D eigenvalue weighted by atomic mass is 9.92. The Kier molecular flexibility index (Phi) is 2.07. The zero-order chi connectivity index (χ0) is 13.4. The molecule has 3 rings (SSSR count). The fourth-order valence-electron chi connectivity index (χ4n) is 3.72. The second-order valence-electron chi connectivity index (χ2n) is 6.47. The first-order valence-corrected chi connectivity index (χ1v) is 6.80. The summed E-state index contributed by atoms with van der Waals surface area (Å²) in [4.78, 5) is 0. The van der Waals surface area contributed by atoms with Crippen LogP contribution in [0.5, 0.6) is 0 Å². The van der Waals surface area contributed by atoms with Crippen LogP contribution in [0.2, 0.25) is 0 Å². The molecule has 0 fully saturated rings. The van der Waals surface area contributed by atoms with Crippen LogP contribution in [0.1, 0.15) is 47.8 Å². The highest BCUT2D eigenvalue weighted by Gasteiger charge is 2.47. The molecular weight excluding hydrogens is 220 g/mol. The third-order valence-electron chi connectivity index (χ3n) is 4.97. The van der Waals surface area contributed by atoms with E-state index in [4.69, 9.17) is 0 Å². The van der Waals surface area contributed by atoms with Crippen LogP contribution >= 0.6 is 0 Å². The van der Waals surface area contributed by atoms with Gasteiger partial charge in [0.1, 0.15) is 16.9 Å². The van der Waals surface area contributed by atoms with Gasteiger partial charge in [-0.05, 0) is 52.7 Å². The molecule has 0 atom stereocenters. The molecule has 2 heteroatoms. The molecule has 0 saturated carbocycles. The van der Waals surface area contributed by atoms with Gasteiger partial charge in [-0.25, -0.2) is 4.57 Å². The second kappa shape index (κ2) is 3.17. The van der Waals surface area contributed by atoms with E-state index >= 15 is 0 Å². The first-order chi connectivity index (χ1) is 8.27. The summed E-state index contributed by atoms with van der Waals surface area (Å²) in [6, 6.07) is 0. The van der Waals surface area contributed by atoms with Crippen molar-refractivity contribution in [3.05, 3.63) is 33.9 Å². The average Bonchev–Trinajstić information content (AvgIpc) is 2.52. The summed E-state index contributed by atoms with van der Waals surface area (Å²) in [5.41, 5.74) is 8.85. The molecule has 96 valence electrons. The molecule has 3 heterocycles. The molecule has 1 aliphatic rings. The van der Waals surface area contributed by atoms with Gasteiger partial charge in [0.15, 0.2) is 5.52 Å². The number of aromatic nitrogens is 2. The van der Waals surface area contributed by atoms with E-state index in [0.29, 0.717) is 0 Å². The average molecular weight is 243 g/mol. The molecule has 0 unspecified atom stereocenters. The first-order valence-electron chi connectivity index (χ1n) is 6.80. The Labute approximate surface area is 109 Å². The number of rotatable bonds is 0. The van der Waals surface area contributed by atoms with Gasteiger partial charge in [0.25, 0.3) is 5.82 Å². The van der Waals surface area contributed by atoms with Crippen molar-refractivity contribution < 1.29 is 4.57 Å². The molecule has 0 spiro atoms. The molecule has 0 N–H and O–H groups in total. The van der Waals surface area contributed by atoms with Crippen LogP contribution < -0.4 is 4.57 Å². The number of hydrogen-bond acceptors (Lipinski definition) is 0. The zero-order valence-electron chi connectivity index (χ0n) is 12.6. The quantitative estimate of drug-likeness (QED) is 0.629. The van der Waals surface area contributed by atoms with Crippen LogP contribution in [0.25, 0.3) is 5.52 Å². The van der Waals surface area contributed by atoms with Crippen molar-refractivity contribution in [2.75, 3.05) is 0 Å². The molecule has 2 nitrogen and oxygen atoms in total. The molecule has 0 bridgehead atoms. The summed E-state index contributed by atoms with van der Waals surface area (Å²) in [6.07, 6.45) is 1.17. The van der Waals surface area contributed by atoms with Gasteiger partial charge in [-0.3, -0.25) is 0 Å². The summed E-state index contributed by atoms with van der Waals surface area (Å²) in [7, 11) is 0. The molecule has 0 aliphatic carbocycles. The fourth-order valence-corrected chi connectivity index (χ4v) is 3.72. The van der Waals surface area contributed by atoms with E-state index in [9.17, 15) is 0 Å². The van der Waals surface area contributed by atoms with Crippen molar-refractivity contribution in [1.82, 2.24) is 4.40 Å². The van der Waals surface area contributed by atoms with Crippen molar-refractivity contribution in [3.8, 4) is 0 Å². The first kappa shape index (κ1) is 11.8. The van der Waals surface area contributed by atoms with Crippen LogP contribution in [-0.4, -0.2) is 4.40 Å². The topological polar surface area (TPSA) is 8.29 Å². The predicted octanol–water partition coefficient (Wildman–Crippen LogP) is 3.06. The highest BCUT2D eigenvalue weighted by molar-refractivity contribution is 5.63. The highest BCUT2D eigenvalue weighted by Crippen LogP contribution is 2.33. The maximum absolute atomic E-state index is 2.52. The Bertz CT molecular complexity index is 642. The lowest BCUT2D eigenvalue weighted by molar-refractivity contribution is -0.807. The Balaban J connectivity index is 2.56. The number of pyridine rings is 1. The van der Waals surface area contributed by atoms with E-state index < -0.39 is 0 Å². The van der Waals surface area contributed by atoms with E-state index in [-0.39, 0.29) is 5.54 Å². The van der Waals surface area contributed by atoms with E-state index in [1.807, 2.05) is 0 Å². The predicted molar refractivity (Wildman–Crippen MR) is 74.3 cm³/mol. The number of imidazole rings is 1. The van der Waals surface area contributed by atoms with Crippen molar-refractivity contribution in [2.45, 2.75) is 60.4 Å². The zero-order valence-corrected chi connectivity index (χ0v) is 12.6. The van der Waals surface area contributed by atoms with Crippen LogP contribution in [0.3, 0.4) is 0 Å². The maximum atomic E-state index is 2.52. The molecule has 1 aliphatic heterocycles. The molecule has 0 amide bonds. The van der Waals surface area contributed by atoms with Gasteiger partial charge in [0, 0.05) is 12.5 Å². The SMILES string of the molecule is Cc1c(C)c(C)n2c3[n+](c(C)c2c1C)C(C)(C)C3. The largest absolute Gasteiger partial charge is 0.267 e. The van der Waals surface area contributed by atoms with Crippen LogP contribution in [0.15, 0.2) is 0 Å². The van der Waals surface area contributed by atoms with Gasteiger partial charge in [-0.15, -0.1) is 0 Å². The number of hydrogen-bond donors (Lipinski definition) is 0. The molecule has 18 heavy (non-hydrogen) atoms. The van der Waals surface area contributed by atoms with Gasteiger partial charge < -0.3 is 0 Å². The molecular formula is C16H23N2+. The number of nitrogens with zero attached hydrogens (tertiary/aromatic N) is 2. The van der Waals surface area contributed by atoms with Crippen LogP contribution in [0.4, 0.5) is 0 Å². The minimum atomic E-state index is 0.284. The van der Waals surface area contributed by atoms with Crippen molar-refractivity contribution in [2.24, 2.45) is 0 Å². The highest BCUT2D eigenvalue weighted by atomic mass is 15.2. The molecule has 0 radical (unpaired) electrons. The summed E-state index contributed by atoms with van der Waals surface area (Å²) in [6.45, 7) is 15.9. The summed E-state index contributed by atoms with van der Waals surface area (Å²) < 4.78 is 5.00. The van der Waals surface area contributed by atoms with Crippen molar-refractivity contribution in [1.29, 1.82) is 0 Å². The molecule has 2 aromatic heterocycles. The van der Waals surface area contributed by atoms with Gasteiger partial charge in [0.05, 0.1) is 6.42 Å². The van der Waals surface area contributed by atoms with E-state index in [1.54, 1.807) is 0 Å². The van der Waals surface area contributed by atoms with Gasteiger partial charge >= 0.3 is 0 Å². The summed E-state index contributed by atoms with van der Waals surface area (Å²) in [5, 5.41) is 0. The molecule has 0 aromatic carbocycles.